The summed E-state index contributed by atoms with van der Waals surface area (Å²) in [7, 11) is 0. The molecule has 0 spiro atoms. The number of aliphatic hydroxyl groups is 1. The molecule has 0 saturated carbocycles. The molecule has 0 radical (unpaired) electrons. The minimum absolute atomic E-state index is 0.345. The van der Waals surface area contributed by atoms with Gasteiger partial charge in [0, 0.05) is 17.7 Å². The number of hydrogen-bond acceptors (Lipinski definition) is 3. The van der Waals surface area contributed by atoms with Crippen molar-refractivity contribution in [2.45, 2.75) is 96.8 Å². The number of unbranched alkanes of at least 4 members (excludes halogenated alkanes) is 12. The highest BCUT2D eigenvalue weighted by Crippen LogP contribution is 2.37. The van der Waals surface area contributed by atoms with E-state index in [4.69, 9.17) is 38.0 Å². The number of aliphatic hydroxyl groups excluding tert-OH is 1. The highest BCUT2D eigenvalue weighted by atomic mass is 35.5. The molecule has 0 bridgehead atoms. The lowest BCUT2D eigenvalue weighted by Crippen LogP contribution is -1.98. The van der Waals surface area contributed by atoms with Crippen LogP contribution in [0.2, 0.25) is 10.0 Å². The lowest BCUT2D eigenvalue weighted by atomic mass is 10.0. The number of aryl methyl sites for hydroxylation is 1. The van der Waals surface area contributed by atoms with Gasteiger partial charge in [-0.2, -0.15) is 0 Å². The van der Waals surface area contributed by atoms with Crippen molar-refractivity contribution < 1.29 is 9.84 Å². The Morgan fingerprint density at radius 1 is 0.774 bits per heavy atom. The maximum atomic E-state index is 8.77. The number of benzene rings is 1. The van der Waals surface area contributed by atoms with E-state index in [1.165, 1.54) is 70.6 Å². The van der Waals surface area contributed by atoms with Crippen molar-refractivity contribution >= 4 is 34.1 Å². The normalized spacial score (nSPS) is 11.4. The van der Waals surface area contributed by atoms with Gasteiger partial charge >= 0.3 is 0 Å². The molecule has 174 valence electrons. The maximum absolute atomic E-state index is 8.77. The molecule has 0 saturated heterocycles. The number of ether oxygens (including phenoxy) is 1. The Hall–Kier alpha value is -1.03. The van der Waals surface area contributed by atoms with Gasteiger partial charge in [0.25, 0.3) is 0 Å². The number of nitrogens with zero attached hydrogens (tertiary/aromatic N) is 1. The molecule has 0 unspecified atom stereocenters. The fourth-order valence-corrected chi connectivity index (χ4v) is 4.59. The van der Waals surface area contributed by atoms with Crippen LogP contribution in [0.1, 0.15) is 96.1 Å². The molecular weight excluding hydrogens is 429 g/mol. The summed E-state index contributed by atoms with van der Waals surface area (Å²) < 4.78 is 5.72. The largest absolute Gasteiger partial charge is 0.490 e. The molecule has 5 heteroatoms. The average molecular weight is 469 g/mol. The van der Waals surface area contributed by atoms with E-state index < -0.39 is 0 Å². The molecule has 0 aliphatic carbocycles. The van der Waals surface area contributed by atoms with E-state index in [0.29, 0.717) is 29.0 Å². The van der Waals surface area contributed by atoms with Crippen molar-refractivity contribution in [3.05, 3.63) is 33.9 Å². The zero-order chi connectivity index (χ0) is 22.3. The standard InChI is InChI=1S/C26H39Cl2NO2/c1-2-31-26-24(28)20-23(27)22-18-17-21(29-25(22)26)16-14-12-10-8-6-4-3-5-7-9-11-13-15-19-30/h17-18,20,30H,2-16,19H2,1H3. The van der Waals surface area contributed by atoms with Gasteiger partial charge in [0.15, 0.2) is 5.75 Å². The number of pyridine rings is 1. The van der Waals surface area contributed by atoms with Crippen LogP contribution >= 0.6 is 23.2 Å². The maximum Gasteiger partial charge on any atom is 0.164 e. The summed E-state index contributed by atoms with van der Waals surface area (Å²) in [4.78, 5) is 4.81. The molecule has 3 nitrogen and oxygen atoms in total. The number of fused-ring (bicyclic) bond motifs is 1. The Kier molecular flexibility index (Phi) is 13.3. The van der Waals surface area contributed by atoms with Crippen LogP contribution in [0, 0.1) is 0 Å². The predicted molar refractivity (Wildman–Crippen MR) is 134 cm³/mol. The molecule has 1 aromatic carbocycles. The molecule has 0 atom stereocenters. The van der Waals surface area contributed by atoms with Crippen molar-refractivity contribution in [2.75, 3.05) is 13.2 Å². The Bertz CT molecular complexity index is 767. The second-order valence-corrected chi connectivity index (χ2v) is 9.19. The van der Waals surface area contributed by atoms with Gasteiger partial charge in [-0.3, -0.25) is 0 Å². The first kappa shape index (κ1) is 26.2. The van der Waals surface area contributed by atoms with Crippen LogP contribution in [0.4, 0.5) is 0 Å². The Balaban J connectivity index is 1.61. The topological polar surface area (TPSA) is 42.4 Å². The van der Waals surface area contributed by atoms with Crippen LogP contribution < -0.4 is 4.74 Å². The Morgan fingerprint density at radius 2 is 1.32 bits per heavy atom. The molecular formula is C26H39Cl2NO2. The second kappa shape index (κ2) is 15.7. The molecule has 0 aliphatic rings. The lowest BCUT2D eigenvalue weighted by Gasteiger charge is -2.11. The Labute approximate surface area is 198 Å². The first-order chi connectivity index (χ1) is 15.2. The van der Waals surface area contributed by atoms with Crippen LogP contribution in [-0.4, -0.2) is 23.3 Å². The summed E-state index contributed by atoms with van der Waals surface area (Å²) in [5.41, 5.74) is 1.84. The highest BCUT2D eigenvalue weighted by Gasteiger charge is 2.13. The summed E-state index contributed by atoms with van der Waals surface area (Å²) in [5.74, 6) is 0.635. The second-order valence-electron chi connectivity index (χ2n) is 8.37. The third-order valence-corrected chi connectivity index (χ3v) is 6.37. The smallest absolute Gasteiger partial charge is 0.164 e. The quantitative estimate of drug-likeness (QED) is 0.237. The van der Waals surface area contributed by atoms with Gasteiger partial charge in [0.1, 0.15) is 5.52 Å². The highest BCUT2D eigenvalue weighted by molar-refractivity contribution is 6.39. The van der Waals surface area contributed by atoms with E-state index in [9.17, 15) is 0 Å². The van der Waals surface area contributed by atoms with Gasteiger partial charge in [0.05, 0.1) is 16.7 Å². The number of aromatic nitrogens is 1. The minimum Gasteiger partial charge on any atom is -0.490 e. The molecule has 0 fully saturated rings. The lowest BCUT2D eigenvalue weighted by molar-refractivity contribution is 0.282. The minimum atomic E-state index is 0.345. The monoisotopic (exact) mass is 467 g/mol. The fraction of sp³-hybridized carbons (Fsp3) is 0.654. The SMILES string of the molecule is CCOc1c(Cl)cc(Cl)c2ccc(CCCCCCCCCCCCCCCO)nc12. The first-order valence-corrected chi connectivity index (χ1v) is 12.9. The van der Waals surface area contributed by atoms with Crippen molar-refractivity contribution in [3.63, 3.8) is 0 Å². The van der Waals surface area contributed by atoms with E-state index in [1.54, 1.807) is 6.07 Å². The number of hydrogen-bond donors (Lipinski definition) is 1. The van der Waals surface area contributed by atoms with Crippen LogP contribution in [0.25, 0.3) is 10.9 Å². The average Bonchev–Trinajstić information content (AvgIpc) is 2.76. The van der Waals surface area contributed by atoms with Crippen molar-refractivity contribution in [2.24, 2.45) is 0 Å². The number of halogens is 2. The summed E-state index contributed by atoms with van der Waals surface area (Å²) in [5, 5.41) is 10.8. The van der Waals surface area contributed by atoms with Gasteiger partial charge in [-0.15, -0.1) is 0 Å². The molecule has 1 heterocycles. The van der Waals surface area contributed by atoms with E-state index in [0.717, 1.165) is 35.9 Å². The van der Waals surface area contributed by atoms with Crippen LogP contribution in [-0.2, 0) is 6.42 Å². The van der Waals surface area contributed by atoms with E-state index in [2.05, 4.69) is 6.07 Å². The number of rotatable bonds is 17. The van der Waals surface area contributed by atoms with Crippen LogP contribution in [0.15, 0.2) is 18.2 Å². The molecule has 1 aromatic heterocycles. The predicted octanol–water partition coefficient (Wildman–Crippen LogP) is 8.55. The van der Waals surface area contributed by atoms with E-state index in [-0.39, 0.29) is 0 Å². The molecule has 2 aromatic rings. The van der Waals surface area contributed by atoms with Crippen molar-refractivity contribution in [1.29, 1.82) is 0 Å². The van der Waals surface area contributed by atoms with E-state index >= 15 is 0 Å². The molecule has 2 rings (SSSR count). The molecule has 31 heavy (non-hydrogen) atoms. The third-order valence-electron chi connectivity index (χ3n) is 5.78. The van der Waals surface area contributed by atoms with Crippen LogP contribution in [0.3, 0.4) is 0 Å². The van der Waals surface area contributed by atoms with Gasteiger partial charge in [0.2, 0.25) is 0 Å². The summed E-state index contributed by atoms with van der Waals surface area (Å²) >= 11 is 12.7. The van der Waals surface area contributed by atoms with Gasteiger partial charge in [-0.25, -0.2) is 4.98 Å². The van der Waals surface area contributed by atoms with Gasteiger partial charge < -0.3 is 9.84 Å². The van der Waals surface area contributed by atoms with E-state index in [1.807, 2.05) is 13.0 Å². The Morgan fingerprint density at radius 3 is 1.87 bits per heavy atom. The molecule has 1 N–H and O–H groups in total. The summed E-state index contributed by atoms with van der Waals surface area (Å²) in [6.07, 6.45) is 17.6. The summed E-state index contributed by atoms with van der Waals surface area (Å²) in [6.45, 7) is 2.84. The molecule has 0 amide bonds. The van der Waals surface area contributed by atoms with Crippen molar-refractivity contribution in [3.8, 4) is 5.75 Å². The third kappa shape index (κ3) is 9.55. The fourth-order valence-electron chi connectivity index (χ4n) is 4.02. The molecule has 0 aliphatic heterocycles. The van der Waals surface area contributed by atoms with Crippen LogP contribution in [0.5, 0.6) is 5.75 Å². The first-order valence-electron chi connectivity index (χ1n) is 12.2. The van der Waals surface area contributed by atoms with Gasteiger partial charge in [-0.1, -0.05) is 93.8 Å². The van der Waals surface area contributed by atoms with Gasteiger partial charge in [-0.05, 0) is 44.4 Å². The zero-order valence-electron chi connectivity index (χ0n) is 19.1. The zero-order valence-corrected chi connectivity index (χ0v) is 20.6. The summed E-state index contributed by atoms with van der Waals surface area (Å²) in [6, 6.07) is 5.84. The van der Waals surface area contributed by atoms with Crippen molar-refractivity contribution in [1.82, 2.24) is 4.98 Å².